The average Bonchev–Trinajstić information content (AvgIpc) is 3.26. The van der Waals surface area contributed by atoms with Gasteiger partial charge in [0, 0.05) is 19.6 Å². The summed E-state index contributed by atoms with van der Waals surface area (Å²) in [4.78, 5) is 25.2. The average molecular weight is 325 g/mol. The van der Waals surface area contributed by atoms with Gasteiger partial charge in [0.1, 0.15) is 5.82 Å². The molecule has 2 amide bonds. The van der Waals surface area contributed by atoms with Crippen molar-refractivity contribution >= 4 is 23.6 Å². The van der Waals surface area contributed by atoms with E-state index in [-0.39, 0.29) is 24.1 Å². The molecule has 22 heavy (non-hydrogen) atoms. The van der Waals surface area contributed by atoms with E-state index in [0.717, 1.165) is 30.2 Å². The molecule has 8 heteroatoms. The molecule has 0 radical (unpaired) electrons. The molecule has 1 aromatic heterocycles. The molecule has 0 bridgehead atoms. The number of nitrogens with zero attached hydrogens (tertiary/aromatic N) is 4. The number of hydrogen-bond donors (Lipinski definition) is 1. The van der Waals surface area contributed by atoms with Crippen LogP contribution < -0.4 is 5.32 Å². The lowest BCUT2D eigenvalue weighted by Gasteiger charge is -2.16. The Kier molecular flexibility index (Phi) is 5.82. The van der Waals surface area contributed by atoms with E-state index in [1.54, 1.807) is 7.05 Å². The van der Waals surface area contributed by atoms with E-state index >= 15 is 0 Å². The third-order valence-electron chi connectivity index (χ3n) is 3.45. The zero-order valence-electron chi connectivity index (χ0n) is 13.3. The maximum absolute atomic E-state index is 12.1. The molecule has 0 saturated heterocycles. The van der Waals surface area contributed by atoms with Crippen LogP contribution in [0.4, 0.5) is 0 Å². The van der Waals surface area contributed by atoms with Gasteiger partial charge < -0.3 is 14.8 Å². The minimum Gasteiger partial charge on any atom is -0.355 e. The Morgan fingerprint density at radius 3 is 2.77 bits per heavy atom. The van der Waals surface area contributed by atoms with E-state index in [0.29, 0.717) is 12.6 Å². The fourth-order valence-corrected chi connectivity index (χ4v) is 3.05. The second-order valence-electron chi connectivity index (χ2n) is 5.52. The lowest BCUT2D eigenvalue weighted by Crippen LogP contribution is -2.39. The Morgan fingerprint density at radius 2 is 2.14 bits per heavy atom. The summed E-state index contributed by atoms with van der Waals surface area (Å²) in [5.41, 5.74) is 0. The molecular weight excluding hydrogens is 302 g/mol. The number of aromatic nitrogens is 3. The molecule has 1 aliphatic rings. The number of likely N-dealkylation sites (N-methyl/N-ethyl adjacent to an activating group) is 1. The number of thioether (sulfide) groups is 1. The van der Waals surface area contributed by atoms with Crippen LogP contribution in [0.15, 0.2) is 5.16 Å². The predicted octanol–water partition coefficient (Wildman–Crippen LogP) is 0.998. The molecule has 0 unspecified atom stereocenters. The summed E-state index contributed by atoms with van der Waals surface area (Å²) in [6.07, 6.45) is 3.19. The predicted molar refractivity (Wildman–Crippen MR) is 84.7 cm³/mol. The van der Waals surface area contributed by atoms with Gasteiger partial charge in [-0.3, -0.25) is 9.59 Å². The van der Waals surface area contributed by atoms with Crippen LogP contribution in [0, 0.1) is 6.92 Å². The van der Waals surface area contributed by atoms with Crippen molar-refractivity contribution in [3.8, 4) is 0 Å². The highest BCUT2D eigenvalue weighted by Crippen LogP contribution is 2.38. The second-order valence-corrected chi connectivity index (χ2v) is 6.46. The first-order chi connectivity index (χ1) is 10.5. The highest BCUT2D eigenvalue weighted by atomic mass is 32.2. The van der Waals surface area contributed by atoms with Crippen molar-refractivity contribution < 1.29 is 9.59 Å². The molecule has 2 rings (SSSR count). The topological polar surface area (TPSA) is 80.1 Å². The van der Waals surface area contributed by atoms with Crippen LogP contribution in [-0.4, -0.2) is 57.4 Å². The monoisotopic (exact) mass is 325 g/mol. The Hall–Kier alpha value is -1.57. The largest absolute Gasteiger partial charge is 0.355 e. The highest BCUT2D eigenvalue weighted by molar-refractivity contribution is 7.99. The summed E-state index contributed by atoms with van der Waals surface area (Å²) < 4.78 is 2.10. The van der Waals surface area contributed by atoms with Gasteiger partial charge in [-0.1, -0.05) is 18.7 Å². The van der Waals surface area contributed by atoms with Crippen molar-refractivity contribution in [3.05, 3.63) is 5.82 Å². The second kappa shape index (κ2) is 7.62. The molecule has 1 aromatic rings. The third-order valence-corrected chi connectivity index (χ3v) is 4.38. The number of aryl methyl sites for hydroxylation is 1. The molecule has 0 aliphatic heterocycles. The lowest BCUT2D eigenvalue weighted by molar-refractivity contribution is -0.132. The Balaban J connectivity index is 1.81. The van der Waals surface area contributed by atoms with E-state index in [1.165, 1.54) is 16.7 Å². The van der Waals surface area contributed by atoms with Crippen molar-refractivity contribution in [2.75, 3.05) is 25.9 Å². The number of amides is 2. The fraction of sp³-hybridized carbons (Fsp3) is 0.714. The van der Waals surface area contributed by atoms with Gasteiger partial charge in [-0.05, 0) is 26.2 Å². The Morgan fingerprint density at radius 1 is 1.41 bits per heavy atom. The molecule has 0 spiro atoms. The van der Waals surface area contributed by atoms with Gasteiger partial charge in [-0.15, -0.1) is 10.2 Å². The number of nitrogens with one attached hydrogen (secondary N) is 1. The van der Waals surface area contributed by atoms with E-state index in [1.807, 2.05) is 13.8 Å². The number of carbonyl (C=O) groups is 2. The Labute approximate surface area is 134 Å². The van der Waals surface area contributed by atoms with E-state index in [4.69, 9.17) is 0 Å². The zero-order valence-corrected chi connectivity index (χ0v) is 14.2. The van der Waals surface area contributed by atoms with Crippen LogP contribution in [0.25, 0.3) is 0 Å². The first-order valence-electron chi connectivity index (χ1n) is 7.57. The molecule has 7 nitrogen and oxygen atoms in total. The van der Waals surface area contributed by atoms with Gasteiger partial charge in [-0.2, -0.15) is 0 Å². The smallest absolute Gasteiger partial charge is 0.239 e. The SMILES string of the molecule is CCCNC(=O)CN(C)C(=O)CSc1nnc(C)n1C1CC1. The molecule has 1 saturated carbocycles. The molecule has 0 atom stereocenters. The van der Waals surface area contributed by atoms with E-state index in [9.17, 15) is 9.59 Å². The fourth-order valence-electron chi connectivity index (χ4n) is 2.06. The molecular formula is C14H23N5O2S. The summed E-state index contributed by atoms with van der Waals surface area (Å²) in [5.74, 6) is 0.951. The van der Waals surface area contributed by atoms with Gasteiger partial charge in [0.2, 0.25) is 11.8 Å². The zero-order chi connectivity index (χ0) is 16.1. The normalized spacial score (nSPS) is 14.0. The maximum atomic E-state index is 12.1. The summed E-state index contributed by atoms with van der Waals surface area (Å²) in [5, 5.41) is 11.8. The molecule has 1 aliphatic carbocycles. The molecule has 1 fully saturated rings. The highest BCUT2D eigenvalue weighted by Gasteiger charge is 2.28. The van der Waals surface area contributed by atoms with E-state index < -0.39 is 0 Å². The minimum absolute atomic E-state index is 0.0837. The van der Waals surface area contributed by atoms with Crippen LogP contribution in [0.2, 0.25) is 0 Å². The van der Waals surface area contributed by atoms with E-state index in [2.05, 4.69) is 20.1 Å². The van der Waals surface area contributed by atoms with Crippen LogP contribution in [-0.2, 0) is 9.59 Å². The number of hydrogen-bond acceptors (Lipinski definition) is 5. The first-order valence-corrected chi connectivity index (χ1v) is 8.56. The number of rotatable bonds is 8. The van der Waals surface area contributed by atoms with Gasteiger partial charge in [0.25, 0.3) is 0 Å². The van der Waals surface area contributed by atoms with Crippen LogP contribution >= 0.6 is 11.8 Å². The summed E-state index contributed by atoms with van der Waals surface area (Å²) in [7, 11) is 1.64. The van der Waals surface area contributed by atoms with Crippen molar-refractivity contribution in [1.82, 2.24) is 25.0 Å². The molecule has 1 N–H and O–H groups in total. The van der Waals surface area contributed by atoms with Crippen LogP contribution in [0.3, 0.4) is 0 Å². The van der Waals surface area contributed by atoms with Gasteiger partial charge in [-0.25, -0.2) is 0 Å². The molecule has 0 aromatic carbocycles. The summed E-state index contributed by atoms with van der Waals surface area (Å²) in [6, 6.07) is 0.491. The van der Waals surface area contributed by atoms with Crippen molar-refractivity contribution in [2.45, 2.75) is 44.3 Å². The standard InChI is InChI=1S/C14H23N5O2S/c1-4-7-15-12(20)8-18(3)13(21)9-22-14-17-16-10(2)19(14)11-5-6-11/h11H,4-9H2,1-3H3,(H,15,20). The summed E-state index contributed by atoms with van der Waals surface area (Å²) >= 11 is 1.38. The van der Waals surface area contributed by atoms with Crippen LogP contribution in [0.1, 0.15) is 38.1 Å². The summed E-state index contributed by atoms with van der Waals surface area (Å²) in [6.45, 7) is 4.65. The lowest BCUT2D eigenvalue weighted by atomic mass is 10.4. The quantitative estimate of drug-likeness (QED) is 0.721. The Bertz CT molecular complexity index is 541. The molecule has 122 valence electrons. The van der Waals surface area contributed by atoms with Gasteiger partial charge in [0.15, 0.2) is 5.16 Å². The first kappa shape index (κ1) is 16.8. The molecule has 1 heterocycles. The van der Waals surface area contributed by atoms with Crippen molar-refractivity contribution in [1.29, 1.82) is 0 Å². The van der Waals surface area contributed by atoms with Gasteiger partial charge in [0.05, 0.1) is 12.3 Å². The number of carbonyl (C=O) groups excluding carboxylic acids is 2. The van der Waals surface area contributed by atoms with Crippen LogP contribution in [0.5, 0.6) is 0 Å². The van der Waals surface area contributed by atoms with Crippen molar-refractivity contribution in [2.24, 2.45) is 0 Å². The third kappa shape index (κ3) is 4.46. The van der Waals surface area contributed by atoms with Crippen molar-refractivity contribution in [3.63, 3.8) is 0 Å². The maximum Gasteiger partial charge on any atom is 0.239 e. The van der Waals surface area contributed by atoms with Gasteiger partial charge >= 0.3 is 0 Å². The minimum atomic E-state index is -0.125.